The van der Waals surface area contributed by atoms with E-state index in [0.29, 0.717) is 22.6 Å². The SMILES string of the molecule is Cl.NC1C(=O)N2C(C(C(=O)O)(c3ccccc3)c3ccccc3)=C(CCl)CSC12. The van der Waals surface area contributed by atoms with Crippen LogP contribution in [0.4, 0.5) is 0 Å². The third-order valence-electron chi connectivity index (χ3n) is 5.34. The lowest BCUT2D eigenvalue weighted by Gasteiger charge is -2.53. The number of alkyl halides is 1. The standard InChI is InChI=1S/C21H19ClN2O3S.ClH/c22-11-13-12-28-19-16(23)18(25)24(19)17(13)21(20(26)27,14-7-3-1-4-8-14)15-9-5-2-6-10-15;/h1-10,16,19H,11-12,23H2,(H,26,27);1H. The lowest BCUT2D eigenvalue weighted by molar-refractivity contribution is -0.146. The van der Waals surface area contributed by atoms with Crippen LogP contribution in [0.5, 0.6) is 0 Å². The van der Waals surface area contributed by atoms with Crippen molar-refractivity contribution >= 4 is 47.6 Å². The number of carbonyl (C=O) groups is 2. The first kappa shape index (κ1) is 21.7. The van der Waals surface area contributed by atoms with Crippen LogP contribution in [0, 0.1) is 0 Å². The van der Waals surface area contributed by atoms with Gasteiger partial charge in [-0.25, -0.2) is 0 Å². The van der Waals surface area contributed by atoms with Gasteiger partial charge in [-0.05, 0) is 16.7 Å². The van der Waals surface area contributed by atoms with E-state index in [1.54, 1.807) is 53.4 Å². The van der Waals surface area contributed by atoms with Crippen LogP contribution in [-0.2, 0) is 15.0 Å². The van der Waals surface area contributed by atoms with Gasteiger partial charge in [-0.2, -0.15) is 0 Å². The molecule has 8 heteroatoms. The molecule has 2 heterocycles. The Morgan fingerprint density at radius 2 is 1.66 bits per heavy atom. The summed E-state index contributed by atoms with van der Waals surface area (Å²) < 4.78 is 0. The molecular weight excluding hydrogens is 431 g/mol. The first-order chi connectivity index (χ1) is 13.5. The Kier molecular flexibility index (Phi) is 6.29. The van der Waals surface area contributed by atoms with Crippen molar-refractivity contribution in [2.45, 2.75) is 16.8 Å². The van der Waals surface area contributed by atoms with Gasteiger partial charge in [0.25, 0.3) is 0 Å². The van der Waals surface area contributed by atoms with Crippen molar-refractivity contribution in [3.05, 3.63) is 83.1 Å². The summed E-state index contributed by atoms with van der Waals surface area (Å²) >= 11 is 7.77. The zero-order valence-electron chi connectivity index (χ0n) is 15.3. The molecule has 0 aliphatic carbocycles. The minimum absolute atomic E-state index is 0. The van der Waals surface area contributed by atoms with E-state index in [2.05, 4.69) is 0 Å². The molecule has 2 aliphatic rings. The van der Waals surface area contributed by atoms with E-state index in [0.717, 1.165) is 5.57 Å². The van der Waals surface area contributed by atoms with E-state index < -0.39 is 17.4 Å². The number of fused-ring (bicyclic) bond motifs is 1. The van der Waals surface area contributed by atoms with Gasteiger partial charge in [0, 0.05) is 17.3 Å². The number of carboxylic acid groups (broad SMARTS) is 1. The molecule has 152 valence electrons. The third kappa shape index (κ3) is 3.15. The number of amides is 1. The summed E-state index contributed by atoms with van der Waals surface area (Å²) in [6, 6.07) is 17.4. The molecule has 2 aromatic rings. The van der Waals surface area contributed by atoms with E-state index in [1.165, 1.54) is 11.8 Å². The molecule has 0 saturated carbocycles. The molecule has 2 atom stereocenters. The van der Waals surface area contributed by atoms with Gasteiger partial charge in [0.1, 0.15) is 11.4 Å². The Labute approximate surface area is 184 Å². The van der Waals surface area contributed by atoms with Gasteiger partial charge in [0.05, 0.1) is 0 Å². The van der Waals surface area contributed by atoms with Crippen molar-refractivity contribution < 1.29 is 14.7 Å². The number of carbonyl (C=O) groups excluding carboxylic acids is 1. The van der Waals surface area contributed by atoms with Crippen LogP contribution in [0.2, 0.25) is 0 Å². The van der Waals surface area contributed by atoms with Crippen molar-refractivity contribution in [2.24, 2.45) is 5.73 Å². The van der Waals surface area contributed by atoms with Crippen LogP contribution in [0.1, 0.15) is 11.1 Å². The summed E-state index contributed by atoms with van der Waals surface area (Å²) in [7, 11) is 0. The average molecular weight is 451 g/mol. The Balaban J connectivity index is 0.00000240. The zero-order valence-corrected chi connectivity index (χ0v) is 17.7. The second kappa shape index (κ2) is 8.40. The van der Waals surface area contributed by atoms with Crippen LogP contribution in [-0.4, -0.2) is 44.9 Å². The van der Waals surface area contributed by atoms with Crippen molar-refractivity contribution in [1.82, 2.24) is 4.90 Å². The molecule has 3 N–H and O–H groups in total. The van der Waals surface area contributed by atoms with Gasteiger partial charge in [-0.3, -0.25) is 14.5 Å². The average Bonchev–Trinajstić information content (AvgIpc) is 2.74. The highest BCUT2D eigenvalue weighted by Crippen LogP contribution is 2.50. The summed E-state index contributed by atoms with van der Waals surface area (Å²) in [5.74, 6) is -0.646. The number of carboxylic acids is 1. The normalized spacial score (nSPS) is 21.2. The quantitative estimate of drug-likeness (QED) is 0.539. The molecule has 2 unspecified atom stereocenters. The number of hydrogen-bond donors (Lipinski definition) is 2. The van der Waals surface area contributed by atoms with Crippen molar-refractivity contribution in [3.63, 3.8) is 0 Å². The molecular formula is C21H20Cl2N2O3S. The summed E-state index contributed by atoms with van der Waals surface area (Å²) in [6.45, 7) is 0. The zero-order chi connectivity index (χ0) is 19.9. The molecule has 2 aromatic carbocycles. The molecule has 0 spiro atoms. The molecule has 0 bridgehead atoms. The minimum Gasteiger partial charge on any atom is -0.480 e. The van der Waals surface area contributed by atoms with Crippen LogP contribution < -0.4 is 5.73 Å². The number of benzene rings is 2. The number of nitrogens with two attached hydrogens (primary N) is 1. The number of halogens is 2. The fourth-order valence-corrected chi connectivity index (χ4v) is 5.67. The second-order valence-electron chi connectivity index (χ2n) is 6.81. The van der Waals surface area contributed by atoms with Gasteiger partial charge in [0.2, 0.25) is 5.91 Å². The summed E-state index contributed by atoms with van der Waals surface area (Å²) in [5.41, 5.74) is 6.77. The van der Waals surface area contributed by atoms with Crippen molar-refractivity contribution in [2.75, 3.05) is 11.6 Å². The van der Waals surface area contributed by atoms with Gasteiger partial charge < -0.3 is 10.8 Å². The maximum atomic E-state index is 13.0. The maximum Gasteiger partial charge on any atom is 0.324 e. The van der Waals surface area contributed by atoms with E-state index in [1.807, 2.05) is 12.1 Å². The Morgan fingerprint density at radius 3 is 2.10 bits per heavy atom. The van der Waals surface area contributed by atoms with Crippen LogP contribution in [0.25, 0.3) is 0 Å². The predicted molar refractivity (Wildman–Crippen MR) is 117 cm³/mol. The van der Waals surface area contributed by atoms with Crippen LogP contribution >= 0.6 is 35.8 Å². The minimum atomic E-state index is -1.55. The van der Waals surface area contributed by atoms with Gasteiger partial charge in [-0.15, -0.1) is 35.8 Å². The number of rotatable bonds is 5. The number of thioether (sulfide) groups is 1. The molecule has 5 nitrogen and oxygen atoms in total. The molecule has 1 fully saturated rings. The van der Waals surface area contributed by atoms with E-state index in [4.69, 9.17) is 17.3 Å². The van der Waals surface area contributed by atoms with Crippen LogP contribution in [0.3, 0.4) is 0 Å². The number of hydrogen-bond acceptors (Lipinski definition) is 4. The van der Waals surface area contributed by atoms with Gasteiger partial charge in [-0.1, -0.05) is 60.7 Å². The highest BCUT2D eigenvalue weighted by molar-refractivity contribution is 8.00. The smallest absolute Gasteiger partial charge is 0.324 e. The first-order valence-electron chi connectivity index (χ1n) is 8.86. The van der Waals surface area contributed by atoms with E-state index >= 15 is 0 Å². The molecule has 2 aliphatic heterocycles. The summed E-state index contributed by atoms with van der Waals surface area (Å²) in [6.07, 6.45) is 0. The first-order valence-corrected chi connectivity index (χ1v) is 10.4. The largest absolute Gasteiger partial charge is 0.480 e. The number of aliphatic carboxylic acids is 1. The highest BCUT2D eigenvalue weighted by Gasteiger charge is 2.58. The molecule has 29 heavy (non-hydrogen) atoms. The van der Waals surface area contributed by atoms with Gasteiger partial charge in [0.15, 0.2) is 5.41 Å². The number of nitrogens with zero attached hydrogens (tertiary/aromatic N) is 1. The lowest BCUT2D eigenvalue weighted by Crippen LogP contribution is -2.70. The molecule has 0 aromatic heterocycles. The van der Waals surface area contributed by atoms with E-state index in [-0.39, 0.29) is 29.6 Å². The molecule has 4 rings (SSSR count). The van der Waals surface area contributed by atoms with E-state index in [9.17, 15) is 14.7 Å². The van der Waals surface area contributed by atoms with Crippen LogP contribution in [0.15, 0.2) is 71.9 Å². The Morgan fingerprint density at radius 1 is 1.14 bits per heavy atom. The Hall–Kier alpha value is -1.99. The van der Waals surface area contributed by atoms with Crippen molar-refractivity contribution in [3.8, 4) is 0 Å². The Bertz CT molecular complexity index is 913. The monoisotopic (exact) mass is 450 g/mol. The predicted octanol–water partition coefficient (Wildman–Crippen LogP) is 3.21. The highest BCUT2D eigenvalue weighted by atomic mass is 35.5. The topological polar surface area (TPSA) is 83.6 Å². The van der Waals surface area contributed by atoms with Crippen molar-refractivity contribution in [1.29, 1.82) is 0 Å². The summed E-state index contributed by atoms with van der Waals surface area (Å²) in [4.78, 5) is 27.3. The lowest BCUT2D eigenvalue weighted by atomic mass is 9.69. The number of β-lactam (4-membered cyclic amide) rings is 1. The molecule has 0 radical (unpaired) electrons. The fraction of sp³-hybridized carbons (Fsp3) is 0.238. The second-order valence-corrected chi connectivity index (χ2v) is 8.18. The fourth-order valence-electron chi connectivity index (χ4n) is 4.04. The molecule has 1 saturated heterocycles. The summed E-state index contributed by atoms with van der Waals surface area (Å²) in [5, 5.41) is 10.3. The van der Waals surface area contributed by atoms with Gasteiger partial charge >= 0.3 is 5.97 Å². The maximum absolute atomic E-state index is 13.0. The third-order valence-corrected chi connectivity index (χ3v) is 7.02. The molecule has 1 amide bonds.